The van der Waals surface area contributed by atoms with Crippen molar-refractivity contribution in [1.82, 2.24) is 0 Å². The quantitative estimate of drug-likeness (QED) is 0.425. The summed E-state index contributed by atoms with van der Waals surface area (Å²) in [7, 11) is 0. The number of para-hydroxylation sites is 2. The van der Waals surface area contributed by atoms with Gasteiger partial charge in [0.15, 0.2) is 0 Å². The van der Waals surface area contributed by atoms with E-state index in [9.17, 15) is 10.2 Å². The van der Waals surface area contributed by atoms with Crippen molar-refractivity contribution in [2.75, 3.05) is 0 Å². The van der Waals surface area contributed by atoms with Gasteiger partial charge in [-0.1, -0.05) is 60.7 Å². The Morgan fingerprint density at radius 1 is 0.483 bits per heavy atom. The molecule has 4 aromatic rings. The maximum absolute atomic E-state index is 9.91. The molecule has 0 spiro atoms. The SMILES string of the molecule is Oc1ccccc1Cc1ccc(Oc2ccc(Cc3ccccc3O)cc2)cc1. The molecular weight excluding hydrogens is 360 g/mol. The average molecular weight is 382 g/mol. The number of ether oxygens (including phenoxy) is 1. The van der Waals surface area contributed by atoms with Crippen LogP contribution in [0.5, 0.6) is 23.0 Å². The number of phenols is 2. The van der Waals surface area contributed by atoms with E-state index in [-0.39, 0.29) is 0 Å². The van der Waals surface area contributed by atoms with Crippen LogP contribution in [-0.2, 0) is 12.8 Å². The minimum Gasteiger partial charge on any atom is -0.508 e. The monoisotopic (exact) mass is 382 g/mol. The van der Waals surface area contributed by atoms with E-state index in [1.54, 1.807) is 12.1 Å². The molecule has 3 heteroatoms. The van der Waals surface area contributed by atoms with Crippen LogP contribution in [0.2, 0.25) is 0 Å². The maximum Gasteiger partial charge on any atom is 0.127 e. The molecule has 2 N–H and O–H groups in total. The van der Waals surface area contributed by atoms with Crippen LogP contribution < -0.4 is 4.74 Å². The van der Waals surface area contributed by atoms with Gasteiger partial charge >= 0.3 is 0 Å². The van der Waals surface area contributed by atoms with E-state index >= 15 is 0 Å². The molecule has 0 unspecified atom stereocenters. The highest BCUT2D eigenvalue weighted by Gasteiger charge is 2.04. The number of phenolic OH excluding ortho intramolecular Hbond substituents is 2. The molecule has 0 saturated carbocycles. The van der Waals surface area contributed by atoms with Gasteiger partial charge in [0, 0.05) is 12.8 Å². The lowest BCUT2D eigenvalue weighted by atomic mass is 10.0. The molecule has 0 aromatic heterocycles. The standard InChI is InChI=1S/C26H22O3/c27-25-7-3-1-5-21(25)17-19-9-13-23(14-10-19)29-24-15-11-20(12-16-24)18-22-6-2-4-8-26(22)28/h1-16,27-28H,17-18H2. The number of hydrogen-bond donors (Lipinski definition) is 2. The summed E-state index contributed by atoms with van der Waals surface area (Å²) in [6.07, 6.45) is 1.35. The first kappa shape index (κ1) is 18.6. The highest BCUT2D eigenvalue weighted by Crippen LogP contribution is 2.26. The predicted octanol–water partition coefficient (Wildman–Crippen LogP) is 6.07. The molecule has 4 rings (SSSR count). The molecule has 3 nitrogen and oxygen atoms in total. The lowest BCUT2D eigenvalue weighted by Gasteiger charge is -2.09. The summed E-state index contributed by atoms with van der Waals surface area (Å²) in [6.45, 7) is 0. The van der Waals surface area contributed by atoms with Crippen LogP contribution in [0.1, 0.15) is 22.3 Å². The van der Waals surface area contributed by atoms with Gasteiger partial charge in [-0.2, -0.15) is 0 Å². The van der Waals surface area contributed by atoms with E-state index in [1.807, 2.05) is 84.9 Å². The van der Waals surface area contributed by atoms with E-state index in [2.05, 4.69) is 0 Å². The Morgan fingerprint density at radius 3 is 1.24 bits per heavy atom. The van der Waals surface area contributed by atoms with Crippen LogP contribution in [0.15, 0.2) is 97.1 Å². The van der Waals surface area contributed by atoms with Gasteiger partial charge in [0.1, 0.15) is 23.0 Å². The molecular formula is C26H22O3. The maximum atomic E-state index is 9.91. The molecule has 0 aliphatic heterocycles. The van der Waals surface area contributed by atoms with Gasteiger partial charge in [0.05, 0.1) is 0 Å². The fourth-order valence-corrected chi connectivity index (χ4v) is 3.25. The third-order valence-electron chi connectivity index (χ3n) is 4.85. The molecule has 0 fully saturated rings. The summed E-state index contributed by atoms with van der Waals surface area (Å²) < 4.78 is 5.94. The van der Waals surface area contributed by atoms with Crippen molar-refractivity contribution in [3.05, 3.63) is 119 Å². The van der Waals surface area contributed by atoms with E-state index < -0.39 is 0 Å². The topological polar surface area (TPSA) is 49.7 Å². The van der Waals surface area contributed by atoms with Gasteiger partial charge in [-0.15, -0.1) is 0 Å². The third kappa shape index (κ3) is 4.77. The van der Waals surface area contributed by atoms with Gasteiger partial charge in [-0.3, -0.25) is 0 Å². The Hall–Kier alpha value is -3.72. The molecule has 0 radical (unpaired) electrons. The van der Waals surface area contributed by atoms with Crippen molar-refractivity contribution < 1.29 is 14.9 Å². The molecule has 0 bridgehead atoms. The number of aromatic hydroxyl groups is 2. The van der Waals surface area contributed by atoms with Crippen molar-refractivity contribution in [1.29, 1.82) is 0 Å². The van der Waals surface area contributed by atoms with Crippen molar-refractivity contribution in [2.24, 2.45) is 0 Å². The molecule has 0 amide bonds. The van der Waals surface area contributed by atoms with Crippen LogP contribution in [-0.4, -0.2) is 10.2 Å². The first-order valence-corrected chi connectivity index (χ1v) is 9.57. The van der Waals surface area contributed by atoms with Crippen LogP contribution in [0, 0.1) is 0 Å². The average Bonchev–Trinajstić information content (AvgIpc) is 2.74. The highest BCUT2D eigenvalue weighted by molar-refractivity contribution is 5.41. The lowest BCUT2D eigenvalue weighted by molar-refractivity contribution is 0.469. The summed E-state index contributed by atoms with van der Waals surface area (Å²) in [5.41, 5.74) is 4.02. The van der Waals surface area contributed by atoms with Crippen molar-refractivity contribution in [3.8, 4) is 23.0 Å². The normalized spacial score (nSPS) is 10.6. The second-order valence-electron chi connectivity index (χ2n) is 7.00. The van der Waals surface area contributed by atoms with Crippen LogP contribution >= 0.6 is 0 Å². The van der Waals surface area contributed by atoms with Crippen molar-refractivity contribution in [3.63, 3.8) is 0 Å². The number of hydrogen-bond acceptors (Lipinski definition) is 3. The zero-order chi connectivity index (χ0) is 20.1. The van der Waals surface area contributed by atoms with Gasteiger partial charge in [0.2, 0.25) is 0 Å². The molecule has 144 valence electrons. The summed E-state index contributed by atoms with van der Waals surface area (Å²) >= 11 is 0. The van der Waals surface area contributed by atoms with Crippen molar-refractivity contribution in [2.45, 2.75) is 12.8 Å². The van der Waals surface area contributed by atoms with Gasteiger partial charge in [-0.25, -0.2) is 0 Å². The van der Waals surface area contributed by atoms with E-state index in [1.165, 1.54) is 0 Å². The largest absolute Gasteiger partial charge is 0.508 e. The Balaban J connectivity index is 1.39. The van der Waals surface area contributed by atoms with E-state index in [4.69, 9.17) is 4.74 Å². The number of rotatable bonds is 6. The lowest BCUT2D eigenvalue weighted by Crippen LogP contribution is -1.91. The minimum absolute atomic E-state index is 0.316. The smallest absolute Gasteiger partial charge is 0.127 e. The third-order valence-corrected chi connectivity index (χ3v) is 4.85. The molecule has 0 atom stereocenters. The first-order valence-electron chi connectivity index (χ1n) is 9.57. The molecule has 0 heterocycles. The Bertz CT molecular complexity index is 994. The minimum atomic E-state index is 0.316. The fourth-order valence-electron chi connectivity index (χ4n) is 3.25. The molecule has 0 aliphatic rings. The molecule has 0 saturated heterocycles. The van der Waals surface area contributed by atoms with Crippen LogP contribution in [0.25, 0.3) is 0 Å². The highest BCUT2D eigenvalue weighted by atomic mass is 16.5. The Morgan fingerprint density at radius 2 is 0.862 bits per heavy atom. The second kappa shape index (κ2) is 8.53. The van der Waals surface area contributed by atoms with Crippen LogP contribution in [0.3, 0.4) is 0 Å². The van der Waals surface area contributed by atoms with Gasteiger partial charge in [-0.05, 0) is 58.7 Å². The van der Waals surface area contributed by atoms with E-state index in [0.717, 1.165) is 33.8 Å². The summed E-state index contributed by atoms with van der Waals surface area (Å²) in [4.78, 5) is 0. The zero-order valence-electron chi connectivity index (χ0n) is 16.0. The van der Waals surface area contributed by atoms with Crippen molar-refractivity contribution >= 4 is 0 Å². The predicted molar refractivity (Wildman–Crippen MR) is 115 cm³/mol. The zero-order valence-corrected chi connectivity index (χ0v) is 16.0. The summed E-state index contributed by atoms with van der Waals surface area (Å²) in [5.74, 6) is 2.16. The Labute approximate surface area is 170 Å². The molecule has 4 aromatic carbocycles. The van der Waals surface area contributed by atoms with E-state index in [0.29, 0.717) is 24.3 Å². The molecule has 0 aliphatic carbocycles. The summed E-state index contributed by atoms with van der Waals surface area (Å²) in [5, 5.41) is 19.8. The second-order valence-corrected chi connectivity index (χ2v) is 7.00. The van der Waals surface area contributed by atoms with Gasteiger partial charge < -0.3 is 14.9 Å². The Kier molecular flexibility index (Phi) is 5.48. The molecule has 29 heavy (non-hydrogen) atoms. The van der Waals surface area contributed by atoms with Crippen LogP contribution in [0.4, 0.5) is 0 Å². The fraction of sp³-hybridized carbons (Fsp3) is 0.0769. The number of benzene rings is 4. The first-order chi connectivity index (χ1) is 14.2. The summed E-state index contributed by atoms with van der Waals surface area (Å²) in [6, 6.07) is 30.5. The van der Waals surface area contributed by atoms with Gasteiger partial charge in [0.25, 0.3) is 0 Å².